The highest BCUT2D eigenvalue weighted by Crippen LogP contribution is 2.70. The van der Waals surface area contributed by atoms with Crippen LogP contribution in [-0.4, -0.2) is 136 Å². The Morgan fingerprint density at radius 1 is 0.759 bits per heavy atom. The predicted molar refractivity (Wildman–Crippen MR) is 202 cm³/mol. The fraction of sp³-hybridized carbons (Fsp3) is 0.907. The third-order valence-corrected chi connectivity index (χ3v) is 16.1. The van der Waals surface area contributed by atoms with Crippen LogP contribution in [0.1, 0.15) is 112 Å². The normalized spacial score (nSPS) is 53.2. The summed E-state index contributed by atoms with van der Waals surface area (Å²) >= 11 is 0. The van der Waals surface area contributed by atoms with Crippen molar-refractivity contribution in [2.75, 3.05) is 6.61 Å². The number of aliphatic hydroxyl groups is 5. The Labute approximate surface area is 341 Å². The van der Waals surface area contributed by atoms with E-state index in [0.29, 0.717) is 18.3 Å². The Kier molecular flexibility index (Phi) is 12.0. The van der Waals surface area contributed by atoms with Crippen molar-refractivity contribution in [2.24, 2.45) is 34.5 Å². The van der Waals surface area contributed by atoms with Gasteiger partial charge in [-0.3, -0.25) is 4.79 Å². The average Bonchev–Trinajstić information content (AvgIpc) is 3.66. The van der Waals surface area contributed by atoms with Crippen LogP contribution in [-0.2, 0) is 47.5 Å². The number of esters is 2. The first-order valence-electron chi connectivity index (χ1n) is 21.8. The second-order valence-corrected chi connectivity index (χ2v) is 19.5. The summed E-state index contributed by atoms with van der Waals surface area (Å²) in [6.07, 6.45) is -1.36. The Balaban J connectivity index is 0.848. The highest BCUT2D eigenvalue weighted by molar-refractivity contribution is 5.85. The summed E-state index contributed by atoms with van der Waals surface area (Å²) < 4.78 is 48.1. The fourth-order valence-electron chi connectivity index (χ4n) is 13.2. The molecule has 15 heteroatoms. The minimum Gasteiger partial charge on any atom is -0.462 e. The highest BCUT2D eigenvalue weighted by atomic mass is 16.7. The molecule has 5 N–H and O–H groups in total. The van der Waals surface area contributed by atoms with Crippen LogP contribution in [0.5, 0.6) is 0 Å². The van der Waals surface area contributed by atoms with Crippen molar-refractivity contribution >= 4 is 11.9 Å². The maximum atomic E-state index is 12.8. The van der Waals surface area contributed by atoms with Crippen molar-refractivity contribution in [3.8, 4) is 0 Å². The Morgan fingerprint density at radius 3 is 1.93 bits per heavy atom. The number of aliphatic hydroxyl groups excluding tert-OH is 4. The van der Waals surface area contributed by atoms with Gasteiger partial charge in [0.1, 0.15) is 31.0 Å². The zero-order valence-electron chi connectivity index (χ0n) is 34.8. The van der Waals surface area contributed by atoms with Crippen LogP contribution in [0.2, 0.25) is 0 Å². The molecule has 58 heavy (non-hydrogen) atoms. The third kappa shape index (κ3) is 7.60. The number of cyclic esters (lactones) is 1. The summed E-state index contributed by atoms with van der Waals surface area (Å²) in [6, 6.07) is 0. The third-order valence-electron chi connectivity index (χ3n) is 16.1. The van der Waals surface area contributed by atoms with Gasteiger partial charge in [-0.25, -0.2) is 4.79 Å². The summed E-state index contributed by atoms with van der Waals surface area (Å²) in [5.74, 6) is -0.330. The van der Waals surface area contributed by atoms with E-state index in [-0.39, 0.29) is 61.2 Å². The molecule has 0 amide bonds. The molecule has 0 radical (unpaired) electrons. The molecule has 4 saturated carbocycles. The average molecular weight is 823 g/mol. The second-order valence-electron chi connectivity index (χ2n) is 19.5. The van der Waals surface area contributed by atoms with Gasteiger partial charge in [-0.05, 0) is 94.5 Å². The molecule has 7 fully saturated rings. The summed E-state index contributed by atoms with van der Waals surface area (Å²) in [5.41, 5.74) is -0.805. The van der Waals surface area contributed by atoms with Crippen molar-refractivity contribution in [1.82, 2.24) is 0 Å². The van der Waals surface area contributed by atoms with E-state index in [4.69, 9.17) is 37.9 Å². The van der Waals surface area contributed by atoms with E-state index in [2.05, 4.69) is 13.8 Å². The van der Waals surface area contributed by atoms with Crippen molar-refractivity contribution < 1.29 is 73.0 Å². The molecule has 3 saturated heterocycles. The summed E-state index contributed by atoms with van der Waals surface area (Å²) in [5, 5.41) is 55.4. The van der Waals surface area contributed by atoms with Crippen LogP contribution in [0.3, 0.4) is 0 Å². The highest BCUT2D eigenvalue weighted by Gasteiger charge is 2.71. The topological polar surface area (TPSA) is 209 Å². The number of hydrogen-bond donors (Lipinski definition) is 5. The predicted octanol–water partition coefficient (Wildman–Crippen LogP) is 2.79. The summed E-state index contributed by atoms with van der Waals surface area (Å²) in [6.45, 7) is 11.3. The quantitative estimate of drug-likeness (QED) is 0.176. The molecule has 0 bridgehead atoms. The van der Waals surface area contributed by atoms with Gasteiger partial charge in [0, 0.05) is 50.0 Å². The van der Waals surface area contributed by atoms with E-state index < -0.39 is 90.9 Å². The molecule has 328 valence electrons. The molecule has 15 nitrogen and oxygen atoms in total. The molecule has 21 atom stereocenters. The number of rotatable bonds is 8. The van der Waals surface area contributed by atoms with E-state index in [1.807, 2.05) is 6.92 Å². The number of fused-ring (bicyclic) bond motifs is 5. The maximum Gasteiger partial charge on any atom is 0.331 e. The van der Waals surface area contributed by atoms with Gasteiger partial charge in [-0.15, -0.1) is 0 Å². The Bertz CT molecular complexity index is 1520. The smallest absolute Gasteiger partial charge is 0.331 e. The Morgan fingerprint density at radius 2 is 1.36 bits per heavy atom. The standard InChI is InChI=1S/C43H66O15/c1-20-38(49)29(45)15-35(52-20)57-40-22(3)54-36(17-31(40)47)58-39-21(2)53-34(16-30(39)46)56-26-9-11-41(5)25(14-26)7-8-28-27(41)10-12-42(6)37(24-13-33(48)51-19-24)32(55-23(4)44)18-43(28,42)50/h13,20-22,25-32,34-40,45-47,49-50H,7-12,14-19H2,1-6H3/t20-,21-,22-,25-,26+,27+,28-,29+,30+,31+,32+,34+,35+,36+,37+,38-,39-,40-,41+,42-,43+/m1/s1. The molecule has 8 aliphatic rings. The fourth-order valence-corrected chi connectivity index (χ4v) is 13.2. The minimum atomic E-state index is -1.05. The maximum absolute atomic E-state index is 12.8. The summed E-state index contributed by atoms with van der Waals surface area (Å²) in [7, 11) is 0. The molecule has 4 heterocycles. The van der Waals surface area contributed by atoms with Gasteiger partial charge < -0.3 is 63.4 Å². The monoisotopic (exact) mass is 822 g/mol. The van der Waals surface area contributed by atoms with Gasteiger partial charge in [0.05, 0.1) is 48.3 Å². The van der Waals surface area contributed by atoms with E-state index >= 15 is 0 Å². The second kappa shape index (κ2) is 16.2. The van der Waals surface area contributed by atoms with Crippen LogP contribution < -0.4 is 0 Å². The molecule has 0 unspecified atom stereocenters. The SMILES string of the molecule is CC(=O)O[C@H]1C[C@]2(O)[C@@H]3CC[C@@H]4C[C@@H](O[C@H]5C[C@H](O)[C@H](O[C@H]6C[C@H](O)[C@H](O[C@H]7C[C@H](O)[C@H](O)[C@@H](C)O7)[C@@H](C)O6)[C@@H](C)O5)CC[C@]4(C)[C@H]3CC[C@]2(C)[C@H]1C1=CC(=O)OC1. The van der Waals surface area contributed by atoms with Crippen molar-refractivity contribution in [1.29, 1.82) is 0 Å². The first-order valence-corrected chi connectivity index (χ1v) is 21.8. The summed E-state index contributed by atoms with van der Waals surface area (Å²) in [4.78, 5) is 24.4. The van der Waals surface area contributed by atoms with Crippen LogP contribution in [0, 0.1) is 34.5 Å². The first-order chi connectivity index (χ1) is 27.4. The molecule has 8 rings (SSSR count). The van der Waals surface area contributed by atoms with Crippen LogP contribution in [0.25, 0.3) is 0 Å². The largest absolute Gasteiger partial charge is 0.462 e. The van der Waals surface area contributed by atoms with Gasteiger partial charge >= 0.3 is 11.9 Å². The molecule has 0 aromatic heterocycles. The lowest BCUT2D eigenvalue weighted by molar-refractivity contribution is -0.336. The number of carbonyl (C=O) groups excluding carboxylic acids is 2. The first kappa shape index (κ1) is 42.9. The van der Waals surface area contributed by atoms with Crippen LogP contribution >= 0.6 is 0 Å². The van der Waals surface area contributed by atoms with Gasteiger partial charge in [0.2, 0.25) is 0 Å². The van der Waals surface area contributed by atoms with E-state index in [9.17, 15) is 35.1 Å². The van der Waals surface area contributed by atoms with Gasteiger partial charge in [-0.2, -0.15) is 0 Å². The van der Waals surface area contributed by atoms with Crippen LogP contribution in [0.4, 0.5) is 0 Å². The van der Waals surface area contributed by atoms with Gasteiger partial charge in [0.15, 0.2) is 18.9 Å². The zero-order chi connectivity index (χ0) is 41.5. The van der Waals surface area contributed by atoms with Crippen molar-refractivity contribution in [2.45, 2.75) is 204 Å². The van der Waals surface area contributed by atoms with Crippen molar-refractivity contribution in [3.05, 3.63) is 11.6 Å². The lowest BCUT2D eigenvalue weighted by atomic mass is 9.43. The number of hydrogen-bond acceptors (Lipinski definition) is 15. The minimum absolute atomic E-state index is 0.00291. The van der Waals surface area contributed by atoms with Gasteiger partial charge in [-0.1, -0.05) is 13.8 Å². The van der Waals surface area contributed by atoms with E-state index in [1.165, 1.54) is 13.0 Å². The Hall–Kier alpha value is -1.76. The lowest BCUT2D eigenvalue weighted by Crippen LogP contribution is -2.62. The molecular weight excluding hydrogens is 756 g/mol. The molecule has 4 aliphatic carbocycles. The van der Waals surface area contributed by atoms with E-state index in [0.717, 1.165) is 50.5 Å². The molecule has 0 aromatic rings. The van der Waals surface area contributed by atoms with Crippen molar-refractivity contribution in [3.63, 3.8) is 0 Å². The molecule has 4 aliphatic heterocycles. The molecule has 0 spiro atoms. The van der Waals surface area contributed by atoms with E-state index in [1.54, 1.807) is 13.8 Å². The zero-order valence-corrected chi connectivity index (χ0v) is 34.8. The van der Waals surface area contributed by atoms with Crippen LogP contribution in [0.15, 0.2) is 11.6 Å². The number of ether oxygens (including phenoxy) is 8. The lowest BCUT2D eigenvalue weighted by Gasteiger charge is -2.63. The molecular formula is C43H66O15. The number of carbonyl (C=O) groups is 2. The van der Waals surface area contributed by atoms with Gasteiger partial charge in [0.25, 0.3) is 0 Å². The molecule has 0 aromatic carbocycles.